The van der Waals surface area contributed by atoms with E-state index in [0.29, 0.717) is 26.3 Å². The summed E-state index contributed by atoms with van der Waals surface area (Å²) in [6.45, 7) is 6.35. The molecule has 1 unspecified atom stereocenters. The first kappa shape index (κ1) is 16.9. The average molecular weight is 345 g/mol. The Morgan fingerprint density at radius 1 is 1.38 bits per heavy atom. The quantitative estimate of drug-likeness (QED) is 0.926. The summed E-state index contributed by atoms with van der Waals surface area (Å²) in [4.78, 5) is 18.9. The fraction of sp³-hybridized carbons (Fsp3) is 0.444. The third-order valence-electron chi connectivity index (χ3n) is 4.12. The Bertz CT molecular complexity index is 684. The Balaban J connectivity index is 1.57. The second kappa shape index (κ2) is 7.77. The summed E-state index contributed by atoms with van der Waals surface area (Å²) in [5.41, 5.74) is 3.47. The molecule has 0 aliphatic carbocycles. The third kappa shape index (κ3) is 4.13. The minimum atomic E-state index is -0.0863. The van der Waals surface area contributed by atoms with Gasteiger partial charge < -0.3 is 15.0 Å². The van der Waals surface area contributed by atoms with Crippen molar-refractivity contribution in [2.75, 3.05) is 26.3 Å². The van der Waals surface area contributed by atoms with Gasteiger partial charge in [-0.05, 0) is 25.8 Å². The molecule has 2 amide bonds. The second-order valence-corrected chi connectivity index (χ2v) is 6.97. The summed E-state index contributed by atoms with van der Waals surface area (Å²) in [5.74, 6) is 0. The Kier molecular flexibility index (Phi) is 5.48. The molecule has 1 saturated heterocycles. The van der Waals surface area contributed by atoms with Crippen molar-refractivity contribution in [3.63, 3.8) is 0 Å². The van der Waals surface area contributed by atoms with E-state index in [1.54, 1.807) is 11.3 Å². The van der Waals surface area contributed by atoms with E-state index in [0.717, 1.165) is 17.1 Å². The molecule has 128 valence electrons. The Labute approximate surface area is 146 Å². The fourth-order valence-corrected chi connectivity index (χ4v) is 3.64. The van der Waals surface area contributed by atoms with E-state index in [9.17, 15) is 4.79 Å². The Hall–Kier alpha value is -1.92. The van der Waals surface area contributed by atoms with Crippen molar-refractivity contribution in [3.05, 3.63) is 51.5 Å². The van der Waals surface area contributed by atoms with Gasteiger partial charge in [0.05, 0.1) is 13.2 Å². The maximum absolute atomic E-state index is 12.6. The van der Waals surface area contributed by atoms with Crippen LogP contribution in [0.5, 0.6) is 0 Å². The van der Waals surface area contributed by atoms with Gasteiger partial charge in [-0.3, -0.25) is 0 Å². The van der Waals surface area contributed by atoms with E-state index in [1.807, 2.05) is 17.2 Å². The third-order valence-corrected chi connectivity index (χ3v) is 5.19. The number of ether oxygens (including phenoxy) is 1. The second-order valence-electron chi connectivity index (χ2n) is 6.08. The number of carbonyl (C=O) groups excluding carboxylic acids is 1. The minimum absolute atomic E-state index is 0.0386. The van der Waals surface area contributed by atoms with E-state index in [-0.39, 0.29) is 12.1 Å². The number of nitrogens with zero attached hydrogens (tertiary/aromatic N) is 2. The van der Waals surface area contributed by atoms with Crippen LogP contribution in [0.4, 0.5) is 4.79 Å². The van der Waals surface area contributed by atoms with E-state index in [2.05, 4.69) is 41.5 Å². The van der Waals surface area contributed by atoms with Crippen LogP contribution in [-0.2, 0) is 11.2 Å². The monoisotopic (exact) mass is 345 g/mol. The van der Waals surface area contributed by atoms with Gasteiger partial charge in [-0.15, -0.1) is 11.3 Å². The molecule has 2 aromatic rings. The van der Waals surface area contributed by atoms with Gasteiger partial charge in [0.15, 0.2) is 0 Å². The van der Waals surface area contributed by atoms with Crippen molar-refractivity contribution in [2.24, 2.45) is 0 Å². The van der Waals surface area contributed by atoms with Crippen molar-refractivity contribution in [1.82, 2.24) is 15.2 Å². The number of aryl methyl sites for hydroxylation is 2. The minimum Gasteiger partial charge on any atom is -0.377 e. The fourth-order valence-electron chi connectivity index (χ4n) is 2.75. The SMILES string of the molecule is Cc1ccc(CCNC(=O)N2CCOCC2c2nc(C)cs2)cc1. The van der Waals surface area contributed by atoms with Crippen LogP contribution < -0.4 is 5.32 Å². The smallest absolute Gasteiger partial charge is 0.318 e. The first-order valence-corrected chi connectivity index (χ1v) is 9.11. The van der Waals surface area contributed by atoms with E-state index < -0.39 is 0 Å². The summed E-state index contributed by atoms with van der Waals surface area (Å²) >= 11 is 1.59. The van der Waals surface area contributed by atoms with Gasteiger partial charge in [0.1, 0.15) is 11.0 Å². The summed E-state index contributed by atoms with van der Waals surface area (Å²) in [6, 6.07) is 8.29. The predicted octanol–water partition coefficient (Wildman–Crippen LogP) is 3.09. The zero-order valence-corrected chi connectivity index (χ0v) is 14.9. The molecule has 1 aliphatic rings. The van der Waals surface area contributed by atoms with Crippen LogP contribution in [-0.4, -0.2) is 42.2 Å². The molecule has 0 bridgehead atoms. The number of benzene rings is 1. The first-order chi connectivity index (χ1) is 11.6. The van der Waals surface area contributed by atoms with Crippen LogP contribution in [0, 0.1) is 13.8 Å². The number of hydrogen-bond acceptors (Lipinski definition) is 4. The number of amides is 2. The van der Waals surface area contributed by atoms with Crippen molar-refractivity contribution >= 4 is 17.4 Å². The molecule has 6 heteroatoms. The average Bonchev–Trinajstić information content (AvgIpc) is 3.03. The van der Waals surface area contributed by atoms with Gasteiger partial charge in [-0.25, -0.2) is 9.78 Å². The van der Waals surface area contributed by atoms with E-state index in [4.69, 9.17) is 4.74 Å². The van der Waals surface area contributed by atoms with Crippen molar-refractivity contribution in [3.8, 4) is 0 Å². The van der Waals surface area contributed by atoms with Gasteiger partial charge in [0.25, 0.3) is 0 Å². The van der Waals surface area contributed by atoms with Crippen LogP contribution in [0.3, 0.4) is 0 Å². The highest BCUT2D eigenvalue weighted by Crippen LogP contribution is 2.26. The lowest BCUT2D eigenvalue weighted by Gasteiger charge is -2.34. The molecule has 1 aromatic carbocycles. The van der Waals surface area contributed by atoms with Crippen LogP contribution in [0.2, 0.25) is 0 Å². The molecular weight excluding hydrogens is 322 g/mol. The number of nitrogens with one attached hydrogen (secondary N) is 1. The molecule has 0 radical (unpaired) electrons. The van der Waals surface area contributed by atoms with Crippen molar-refractivity contribution < 1.29 is 9.53 Å². The normalized spacial score (nSPS) is 17.8. The molecule has 1 N–H and O–H groups in total. The van der Waals surface area contributed by atoms with Crippen LogP contribution in [0.25, 0.3) is 0 Å². The van der Waals surface area contributed by atoms with Crippen molar-refractivity contribution in [2.45, 2.75) is 26.3 Å². The lowest BCUT2D eigenvalue weighted by atomic mass is 10.1. The standard InChI is InChI=1S/C18H23N3O2S/c1-13-3-5-15(6-4-13)7-8-19-18(22)21-9-10-23-11-16(21)17-20-14(2)12-24-17/h3-6,12,16H,7-11H2,1-2H3,(H,19,22). The predicted molar refractivity (Wildman–Crippen MR) is 95.4 cm³/mol. The highest BCUT2D eigenvalue weighted by atomic mass is 32.1. The van der Waals surface area contributed by atoms with E-state index >= 15 is 0 Å². The van der Waals surface area contributed by atoms with Crippen LogP contribution >= 0.6 is 11.3 Å². The van der Waals surface area contributed by atoms with Crippen molar-refractivity contribution in [1.29, 1.82) is 0 Å². The topological polar surface area (TPSA) is 54.5 Å². The number of carbonyl (C=O) groups is 1. The lowest BCUT2D eigenvalue weighted by molar-refractivity contribution is 0.0116. The number of thiazole rings is 1. The van der Waals surface area contributed by atoms with Gasteiger partial charge in [0, 0.05) is 24.2 Å². The Morgan fingerprint density at radius 3 is 2.88 bits per heavy atom. The van der Waals surface area contributed by atoms with Crippen LogP contribution in [0.15, 0.2) is 29.6 Å². The highest BCUT2D eigenvalue weighted by molar-refractivity contribution is 7.09. The number of morpholine rings is 1. The summed E-state index contributed by atoms with van der Waals surface area (Å²) in [7, 11) is 0. The largest absolute Gasteiger partial charge is 0.377 e. The molecule has 2 heterocycles. The van der Waals surface area contributed by atoms with Gasteiger partial charge >= 0.3 is 6.03 Å². The van der Waals surface area contributed by atoms with Crippen LogP contribution in [0.1, 0.15) is 27.9 Å². The highest BCUT2D eigenvalue weighted by Gasteiger charge is 2.30. The molecule has 1 aromatic heterocycles. The van der Waals surface area contributed by atoms with Gasteiger partial charge in [-0.2, -0.15) is 0 Å². The number of aromatic nitrogens is 1. The molecule has 1 atom stereocenters. The lowest BCUT2D eigenvalue weighted by Crippen LogP contribution is -2.48. The Morgan fingerprint density at radius 2 is 2.17 bits per heavy atom. The summed E-state index contributed by atoms with van der Waals surface area (Å²) in [6.07, 6.45) is 0.831. The molecule has 1 fully saturated rings. The maximum Gasteiger partial charge on any atom is 0.318 e. The number of hydrogen-bond donors (Lipinski definition) is 1. The zero-order valence-electron chi connectivity index (χ0n) is 14.1. The maximum atomic E-state index is 12.6. The summed E-state index contributed by atoms with van der Waals surface area (Å²) in [5, 5.41) is 5.99. The summed E-state index contributed by atoms with van der Waals surface area (Å²) < 4.78 is 5.56. The molecule has 24 heavy (non-hydrogen) atoms. The first-order valence-electron chi connectivity index (χ1n) is 8.23. The number of rotatable bonds is 4. The zero-order chi connectivity index (χ0) is 16.9. The molecular formula is C18H23N3O2S. The molecule has 5 nitrogen and oxygen atoms in total. The van der Waals surface area contributed by atoms with Gasteiger partial charge in [-0.1, -0.05) is 29.8 Å². The number of urea groups is 1. The molecule has 0 saturated carbocycles. The molecule has 1 aliphatic heterocycles. The van der Waals surface area contributed by atoms with E-state index in [1.165, 1.54) is 11.1 Å². The molecule has 0 spiro atoms. The molecule has 3 rings (SSSR count). The van der Waals surface area contributed by atoms with Gasteiger partial charge in [0.2, 0.25) is 0 Å².